The Morgan fingerprint density at radius 3 is 2.56 bits per heavy atom. The molecular formula is C29H30FNO5. The van der Waals surface area contributed by atoms with E-state index >= 15 is 0 Å². The molecular weight excluding hydrogens is 461 g/mol. The molecule has 1 aliphatic heterocycles. The van der Waals surface area contributed by atoms with E-state index in [-0.39, 0.29) is 24.8 Å². The molecule has 36 heavy (non-hydrogen) atoms. The van der Waals surface area contributed by atoms with Crippen LogP contribution in [0.5, 0.6) is 11.5 Å². The van der Waals surface area contributed by atoms with E-state index in [4.69, 9.17) is 14.2 Å². The molecule has 0 aliphatic carbocycles. The zero-order valence-electron chi connectivity index (χ0n) is 20.6. The van der Waals surface area contributed by atoms with Gasteiger partial charge in [-0.25, -0.2) is 4.39 Å². The van der Waals surface area contributed by atoms with Gasteiger partial charge in [0, 0.05) is 24.4 Å². The maximum absolute atomic E-state index is 13.8. The highest BCUT2D eigenvalue weighted by atomic mass is 19.1. The number of cyclic esters (lactones) is 1. The Morgan fingerprint density at radius 2 is 1.92 bits per heavy atom. The number of hydrogen-bond donors (Lipinski definition) is 1. The summed E-state index contributed by atoms with van der Waals surface area (Å²) in [7, 11) is 1.59. The molecule has 0 bridgehead atoms. The van der Waals surface area contributed by atoms with Gasteiger partial charge < -0.3 is 19.3 Å². The van der Waals surface area contributed by atoms with E-state index in [0.717, 1.165) is 27.8 Å². The topological polar surface area (TPSA) is 77.9 Å². The van der Waals surface area contributed by atoms with Gasteiger partial charge in [0.2, 0.25) is 0 Å². The van der Waals surface area contributed by atoms with Crippen molar-refractivity contribution >= 4 is 12.0 Å². The van der Waals surface area contributed by atoms with Crippen molar-refractivity contribution in [2.45, 2.75) is 51.4 Å². The van der Waals surface area contributed by atoms with Crippen LogP contribution in [0.25, 0.3) is 17.2 Å². The summed E-state index contributed by atoms with van der Waals surface area (Å²) in [6.45, 7) is 4.43. The van der Waals surface area contributed by atoms with E-state index in [0.29, 0.717) is 17.9 Å². The number of halogens is 1. The first-order valence-electron chi connectivity index (χ1n) is 11.9. The number of aromatic nitrogens is 1. The van der Waals surface area contributed by atoms with Gasteiger partial charge in [-0.05, 0) is 64.6 Å². The van der Waals surface area contributed by atoms with E-state index in [1.54, 1.807) is 37.7 Å². The summed E-state index contributed by atoms with van der Waals surface area (Å²) >= 11 is 0. The molecule has 3 aromatic rings. The zero-order chi connectivity index (χ0) is 25.7. The average molecular weight is 492 g/mol. The molecule has 2 atom stereocenters. The molecule has 188 valence electrons. The molecule has 0 radical (unpaired) electrons. The van der Waals surface area contributed by atoms with Gasteiger partial charge in [0.25, 0.3) is 0 Å². The average Bonchev–Trinajstić information content (AvgIpc) is 2.86. The summed E-state index contributed by atoms with van der Waals surface area (Å²) in [6, 6.07) is 11.9. The third kappa shape index (κ3) is 5.91. The fourth-order valence-corrected chi connectivity index (χ4v) is 4.29. The van der Waals surface area contributed by atoms with E-state index in [1.807, 2.05) is 24.3 Å². The van der Waals surface area contributed by atoms with Crippen molar-refractivity contribution in [1.29, 1.82) is 0 Å². The van der Waals surface area contributed by atoms with Gasteiger partial charge >= 0.3 is 5.97 Å². The second-order valence-corrected chi connectivity index (χ2v) is 9.07. The Bertz CT molecular complexity index is 1220. The highest BCUT2D eigenvalue weighted by Crippen LogP contribution is 2.45. The minimum absolute atomic E-state index is 0.00204. The van der Waals surface area contributed by atoms with E-state index in [2.05, 4.69) is 18.8 Å². The molecule has 0 amide bonds. The molecule has 4 rings (SSSR count). The highest BCUT2D eigenvalue weighted by molar-refractivity contribution is 5.85. The summed E-state index contributed by atoms with van der Waals surface area (Å²) in [5.74, 6) is 0.424. The summed E-state index contributed by atoms with van der Waals surface area (Å²) in [4.78, 5) is 15.9. The lowest BCUT2D eigenvalue weighted by Gasteiger charge is -2.25. The van der Waals surface area contributed by atoms with Crippen LogP contribution in [0, 0.1) is 5.82 Å². The molecule has 1 fully saturated rings. The standard InChI is InChI=1S/C29H30FNO5/c1-18(2)25-16-26(34-3)29(35-17-19-10-12-31-13-11-19)28(20-4-6-21(30)7-5-20)24(25)9-8-23-14-22(32)15-27(33)36-23/h4-13,16,18,22-23,32H,14-15,17H2,1-3H3/t22-,23-/m0/s1. The molecule has 2 aromatic carbocycles. The number of ether oxygens (including phenoxy) is 3. The van der Waals surface area contributed by atoms with Crippen LogP contribution in [-0.4, -0.2) is 35.4 Å². The molecule has 0 spiro atoms. The van der Waals surface area contributed by atoms with Gasteiger partial charge in [-0.15, -0.1) is 0 Å². The van der Waals surface area contributed by atoms with Gasteiger partial charge in [0.15, 0.2) is 11.5 Å². The number of methoxy groups -OCH3 is 1. The van der Waals surface area contributed by atoms with Crippen molar-refractivity contribution in [2.75, 3.05) is 7.11 Å². The van der Waals surface area contributed by atoms with Crippen LogP contribution < -0.4 is 9.47 Å². The maximum atomic E-state index is 13.8. The minimum atomic E-state index is -0.739. The van der Waals surface area contributed by atoms with Crippen molar-refractivity contribution in [3.63, 3.8) is 0 Å². The first-order chi connectivity index (χ1) is 17.4. The lowest BCUT2D eigenvalue weighted by molar-refractivity contribution is -0.156. The Kier molecular flexibility index (Phi) is 8.00. The third-order valence-electron chi connectivity index (χ3n) is 6.09. The molecule has 2 heterocycles. The van der Waals surface area contributed by atoms with Crippen LogP contribution in [0.4, 0.5) is 4.39 Å². The first kappa shape index (κ1) is 25.4. The van der Waals surface area contributed by atoms with Crippen LogP contribution in [0.1, 0.15) is 49.3 Å². The number of esters is 1. The lowest BCUT2D eigenvalue weighted by atomic mass is 9.88. The summed E-state index contributed by atoms with van der Waals surface area (Å²) in [5.41, 5.74) is 4.26. The van der Waals surface area contributed by atoms with Gasteiger partial charge in [0.1, 0.15) is 18.5 Å². The third-order valence-corrected chi connectivity index (χ3v) is 6.09. The number of benzene rings is 2. The minimum Gasteiger partial charge on any atom is -0.493 e. The fraction of sp³-hybridized carbons (Fsp3) is 0.310. The second kappa shape index (κ2) is 11.4. The Balaban J connectivity index is 1.86. The van der Waals surface area contributed by atoms with Crippen LogP contribution >= 0.6 is 0 Å². The predicted molar refractivity (Wildman–Crippen MR) is 135 cm³/mol. The zero-order valence-corrected chi connectivity index (χ0v) is 20.6. The lowest BCUT2D eigenvalue weighted by Crippen LogP contribution is -2.31. The van der Waals surface area contributed by atoms with E-state index in [1.165, 1.54) is 12.1 Å². The van der Waals surface area contributed by atoms with Gasteiger partial charge in [-0.1, -0.05) is 32.1 Å². The van der Waals surface area contributed by atoms with E-state index in [9.17, 15) is 14.3 Å². The molecule has 6 nitrogen and oxygen atoms in total. The van der Waals surface area contributed by atoms with Crippen LogP contribution in [0.2, 0.25) is 0 Å². The molecule has 1 saturated heterocycles. The summed E-state index contributed by atoms with van der Waals surface area (Å²) in [6.07, 6.45) is 6.11. The highest BCUT2D eigenvalue weighted by Gasteiger charge is 2.26. The Hall–Kier alpha value is -3.71. The smallest absolute Gasteiger partial charge is 0.309 e. The number of carbonyl (C=O) groups excluding carboxylic acids is 1. The number of hydrogen-bond acceptors (Lipinski definition) is 6. The van der Waals surface area contributed by atoms with Gasteiger partial charge in [0.05, 0.1) is 19.6 Å². The van der Waals surface area contributed by atoms with Gasteiger partial charge in [-0.2, -0.15) is 0 Å². The van der Waals surface area contributed by atoms with Crippen molar-refractivity contribution in [3.05, 3.63) is 83.4 Å². The number of pyridine rings is 1. The Labute approximate surface area is 210 Å². The monoisotopic (exact) mass is 491 g/mol. The second-order valence-electron chi connectivity index (χ2n) is 9.07. The fourth-order valence-electron chi connectivity index (χ4n) is 4.29. The summed E-state index contributed by atoms with van der Waals surface area (Å²) in [5, 5.41) is 10.0. The maximum Gasteiger partial charge on any atom is 0.309 e. The predicted octanol–water partition coefficient (Wildman–Crippen LogP) is 5.68. The van der Waals surface area contributed by atoms with Crippen molar-refractivity contribution in [2.24, 2.45) is 0 Å². The first-order valence-corrected chi connectivity index (χ1v) is 11.9. The van der Waals surface area contributed by atoms with Crippen molar-refractivity contribution in [3.8, 4) is 22.6 Å². The van der Waals surface area contributed by atoms with Crippen molar-refractivity contribution < 1.29 is 28.5 Å². The van der Waals surface area contributed by atoms with Crippen LogP contribution in [-0.2, 0) is 16.1 Å². The number of aliphatic hydroxyl groups excluding tert-OH is 1. The Morgan fingerprint density at radius 1 is 1.19 bits per heavy atom. The normalized spacial score (nSPS) is 17.9. The largest absolute Gasteiger partial charge is 0.493 e. The molecule has 0 unspecified atom stereocenters. The summed E-state index contributed by atoms with van der Waals surface area (Å²) < 4.78 is 31.3. The molecule has 0 saturated carbocycles. The van der Waals surface area contributed by atoms with Gasteiger partial charge in [-0.3, -0.25) is 9.78 Å². The molecule has 7 heteroatoms. The molecule has 1 N–H and O–H groups in total. The number of nitrogens with zero attached hydrogens (tertiary/aromatic N) is 1. The number of rotatable bonds is 8. The molecule has 1 aliphatic rings. The van der Waals surface area contributed by atoms with E-state index < -0.39 is 18.2 Å². The molecule has 1 aromatic heterocycles. The van der Waals surface area contributed by atoms with Crippen LogP contribution in [0.3, 0.4) is 0 Å². The number of aliphatic hydroxyl groups is 1. The number of carbonyl (C=O) groups is 1. The quantitative estimate of drug-likeness (QED) is 0.409. The van der Waals surface area contributed by atoms with Crippen LogP contribution in [0.15, 0.2) is 60.9 Å². The van der Waals surface area contributed by atoms with Crippen molar-refractivity contribution in [1.82, 2.24) is 4.98 Å². The SMILES string of the molecule is COc1cc(C(C)C)c(C=C[C@H]2C[C@H](O)CC(=O)O2)c(-c2ccc(F)cc2)c1OCc1ccncc1.